The van der Waals surface area contributed by atoms with Crippen molar-refractivity contribution in [2.24, 2.45) is 5.84 Å². The predicted octanol–water partition coefficient (Wildman–Crippen LogP) is 2.69. The number of hydrogen-bond acceptors (Lipinski definition) is 4. The maximum absolute atomic E-state index is 13.2. The molecule has 1 atom stereocenters. The van der Waals surface area contributed by atoms with E-state index in [1.54, 1.807) is 12.4 Å². The minimum atomic E-state index is -0.435. The normalized spacial score (nSPS) is 12.4. The van der Waals surface area contributed by atoms with E-state index in [1.807, 2.05) is 6.07 Å². The predicted molar refractivity (Wildman–Crippen MR) is 73.0 cm³/mol. The zero-order valence-corrected chi connectivity index (χ0v) is 12.2. The lowest BCUT2D eigenvalue weighted by molar-refractivity contribution is 0.589. The zero-order valence-electron chi connectivity index (χ0n) is 9.07. The Hall–Kier alpha value is -0.890. The molecular formula is C11H9Br2FN4. The highest BCUT2D eigenvalue weighted by Gasteiger charge is 2.18. The van der Waals surface area contributed by atoms with Gasteiger partial charge in [-0.05, 0) is 49.6 Å². The number of aromatic nitrogens is 2. The van der Waals surface area contributed by atoms with Crippen LogP contribution in [0.15, 0.2) is 39.7 Å². The second-order valence-electron chi connectivity index (χ2n) is 3.56. The number of nitrogens with one attached hydrogen (secondary N) is 1. The molecule has 4 nitrogen and oxygen atoms in total. The lowest BCUT2D eigenvalue weighted by Gasteiger charge is -2.17. The molecular weight excluding hydrogens is 367 g/mol. The first-order valence-corrected chi connectivity index (χ1v) is 6.58. The van der Waals surface area contributed by atoms with Crippen LogP contribution in [-0.2, 0) is 0 Å². The van der Waals surface area contributed by atoms with E-state index in [9.17, 15) is 4.39 Å². The van der Waals surface area contributed by atoms with Crippen molar-refractivity contribution in [1.82, 2.24) is 15.4 Å². The number of hydrogen-bond donors (Lipinski definition) is 2. The van der Waals surface area contributed by atoms with Gasteiger partial charge in [0.05, 0.1) is 17.9 Å². The van der Waals surface area contributed by atoms with Gasteiger partial charge in [0.2, 0.25) is 0 Å². The average molecular weight is 376 g/mol. The summed E-state index contributed by atoms with van der Waals surface area (Å²) in [5.41, 5.74) is 3.87. The van der Waals surface area contributed by atoms with E-state index < -0.39 is 11.9 Å². The summed E-state index contributed by atoms with van der Waals surface area (Å²) >= 11 is 6.72. The summed E-state index contributed by atoms with van der Waals surface area (Å²) in [6, 6.07) is 2.78. The van der Waals surface area contributed by atoms with Crippen molar-refractivity contribution in [2.75, 3.05) is 0 Å². The first-order valence-electron chi connectivity index (χ1n) is 4.99. The SMILES string of the molecule is NNC(c1cncc(F)c1)c1ncc(Br)cc1Br. The molecule has 2 heterocycles. The van der Waals surface area contributed by atoms with E-state index in [1.165, 1.54) is 6.07 Å². The van der Waals surface area contributed by atoms with Gasteiger partial charge in [-0.1, -0.05) is 0 Å². The summed E-state index contributed by atoms with van der Waals surface area (Å²) in [6.07, 6.45) is 4.34. The summed E-state index contributed by atoms with van der Waals surface area (Å²) in [6.45, 7) is 0. The number of halogens is 3. The molecule has 2 aromatic rings. The number of nitrogens with two attached hydrogens (primary N) is 1. The van der Waals surface area contributed by atoms with Crippen LogP contribution in [0.5, 0.6) is 0 Å². The first kappa shape index (κ1) is 13.5. The van der Waals surface area contributed by atoms with E-state index in [4.69, 9.17) is 5.84 Å². The molecule has 94 valence electrons. The summed E-state index contributed by atoms with van der Waals surface area (Å²) in [4.78, 5) is 8.07. The van der Waals surface area contributed by atoms with Crippen LogP contribution >= 0.6 is 31.9 Å². The van der Waals surface area contributed by atoms with Crippen molar-refractivity contribution in [3.63, 3.8) is 0 Å². The molecule has 0 fully saturated rings. The maximum atomic E-state index is 13.2. The van der Waals surface area contributed by atoms with Gasteiger partial charge < -0.3 is 0 Å². The standard InChI is InChI=1S/C11H9Br2FN4/c12-7-2-9(13)11(17-4-7)10(18-15)6-1-8(14)5-16-3-6/h1-5,10,18H,15H2. The monoisotopic (exact) mass is 374 g/mol. The molecule has 0 saturated heterocycles. The molecule has 0 bridgehead atoms. The molecule has 0 amide bonds. The highest BCUT2D eigenvalue weighted by Crippen LogP contribution is 2.28. The number of hydrazine groups is 1. The third kappa shape index (κ3) is 2.92. The summed E-state index contributed by atoms with van der Waals surface area (Å²) in [5.74, 6) is 5.11. The average Bonchev–Trinajstić information content (AvgIpc) is 2.33. The van der Waals surface area contributed by atoms with Crippen molar-refractivity contribution in [1.29, 1.82) is 0 Å². The van der Waals surface area contributed by atoms with Gasteiger partial charge in [0.1, 0.15) is 5.82 Å². The van der Waals surface area contributed by atoms with Gasteiger partial charge in [-0.15, -0.1) is 0 Å². The fourth-order valence-electron chi connectivity index (χ4n) is 1.56. The minimum absolute atomic E-state index is 0.416. The van der Waals surface area contributed by atoms with E-state index in [0.717, 1.165) is 15.1 Å². The molecule has 7 heteroatoms. The van der Waals surface area contributed by atoms with Gasteiger partial charge >= 0.3 is 0 Å². The second kappa shape index (κ2) is 5.83. The molecule has 2 aromatic heterocycles. The smallest absolute Gasteiger partial charge is 0.141 e. The summed E-state index contributed by atoms with van der Waals surface area (Å²) in [5, 5.41) is 0. The Kier molecular flexibility index (Phi) is 4.39. The van der Waals surface area contributed by atoms with Crippen molar-refractivity contribution < 1.29 is 4.39 Å². The van der Waals surface area contributed by atoms with Crippen LogP contribution < -0.4 is 11.3 Å². The Morgan fingerprint density at radius 2 is 2.00 bits per heavy atom. The zero-order chi connectivity index (χ0) is 13.1. The van der Waals surface area contributed by atoms with Crippen LogP contribution in [0.3, 0.4) is 0 Å². The Morgan fingerprint density at radius 3 is 2.61 bits per heavy atom. The van der Waals surface area contributed by atoms with Gasteiger partial charge in [-0.25, -0.2) is 9.82 Å². The van der Waals surface area contributed by atoms with Crippen LogP contribution in [0.4, 0.5) is 4.39 Å². The maximum Gasteiger partial charge on any atom is 0.141 e. The van der Waals surface area contributed by atoms with Crippen LogP contribution in [0.2, 0.25) is 0 Å². The Bertz CT molecular complexity index is 564. The quantitative estimate of drug-likeness (QED) is 0.639. The van der Waals surface area contributed by atoms with Crippen LogP contribution in [0, 0.1) is 5.82 Å². The number of rotatable bonds is 3. The Labute approximate surface area is 120 Å². The lowest BCUT2D eigenvalue weighted by Crippen LogP contribution is -2.30. The van der Waals surface area contributed by atoms with E-state index >= 15 is 0 Å². The van der Waals surface area contributed by atoms with Gasteiger partial charge in [-0.2, -0.15) is 0 Å². The van der Waals surface area contributed by atoms with Crippen molar-refractivity contribution in [2.45, 2.75) is 6.04 Å². The highest BCUT2D eigenvalue weighted by molar-refractivity contribution is 9.11. The lowest BCUT2D eigenvalue weighted by atomic mass is 10.1. The van der Waals surface area contributed by atoms with Gasteiger partial charge in [0.15, 0.2) is 0 Å². The first-order chi connectivity index (χ1) is 8.61. The molecule has 0 saturated carbocycles. The van der Waals surface area contributed by atoms with Gasteiger partial charge in [0, 0.05) is 21.3 Å². The highest BCUT2D eigenvalue weighted by atomic mass is 79.9. The summed E-state index contributed by atoms with van der Waals surface area (Å²) < 4.78 is 14.8. The molecule has 0 radical (unpaired) electrons. The van der Waals surface area contributed by atoms with Gasteiger partial charge in [-0.3, -0.25) is 15.8 Å². The van der Waals surface area contributed by atoms with Crippen molar-refractivity contribution in [3.05, 3.63) is 56.7 Å². The number of pyridine rings is 2. The Balaban J connectivity index is 2.45. The molecule has 0 spiro atoms. The Morgan fingerprint density at radius 1 is 1.22 bits per heavy atom. The molecule has 0 aliphatic heterocycles. The van der Waals surface area contributed by atoms with Crippen LogP contribution in [-0.4, -0.2) is 9.97 Å². The molecule has 3 N–H and O–H groups in total. The second-order valence-corrected chi connectivity index (χ2v) is 5.33. The van der Waals surface area contributed by atoms with Crippen LogP contribution in [0.1, 0.15) is 17.3 Å². The van der Waals surface area contributed by atoms with Crippen molar-refractivity contribution in [3.8, 4) is 0 Å². The summed E-state index contributed by atoms with van der Waals surface area (Å²) in [7, 11) is 0. The molecule has 0 aliphatic carbocycles. The minimum Gasteiger partial charge on any atom is -0.271 e. The molecule has 0 aromatic carbocycles. The van der Waals surface area contributed by atoms with Crippen LogP contribution in [0.25, 0.3) is 0 Å². The van der Waals surface area contributed by atoms with E-state index in [-0.39, 0.29) is 0 Å². The third-order valence-corrected chi connectivity index (χ3v) is 3.40. The third-order valence-electron chi connectivity index (χ3n) is 2.34. The molecule has 1 unspecified atom stereocenters. The number of nitrogens with zero attached hydrogens (tertiary/aromatic N) is 2. The fraction of sp³-hybridized carbons (Fsp3) is 0.0909. The molecule has 18 heavy (non-hydrogen) atoms. The fourth-order valence-corrected chi connectivity index (χ4v) is 2.77. The van der Waals surface area contributed by atoms with Crippen molar-refractivity contribution >= 4 is 31.9 Å². The molecule has 0 aliphatic rings. The van der Waals surface area contributed by atoms with E-state index in [2.05, 4.69) is 47.3 Å². The van der Waals surface area contributed by atoms with Gasteiger partial charge in [0.25, 0.3) is 0 Å². The molecule has 2 rings (SSSR count). The van der Waals surface area contributed by atoms with E-state index in [0.29, 0.717) is 11.3 Å². The largest absolute Gasteiger partial charge is 0.271 e. The topological polar surface area (TPSA) is 63.8 Å².